The Bertz CT molecular complexity index is 640. The van der Waals surface area contributed by atoms with Crippen LogP contribution in [0.15, 0.2) is 46.9 Å². The van der Waals surface area contributed by atoms with Gasteiger partial charge in [-0.3, -0.25) is 0 Å². The van der Waals surface area contributed by atoms with Crippen molar-refractivity contribution in [2.75, 3.05) is 11.9 Å². The number of halogens is 2. The lowest BCUT2D eigenvalue weighted by atomic mass is 10.2. The first-order valence-electron chi connectivity index (χ1n) is 5.97. The van der Waals surface area contributed by atoms with Crippen LogP contribution in [-0.2, 0) is 6.54 Å². The van der Waals surface area contributed by atoms with Crippen LogP contribution < -0.4 is 10.1 Å². The summed E-state index contributed by atoms with van der Waals surface area (Å²) in [7, 11) is 0. The van der Waals surface area contributed by atoms with E-state index in [1.165, 1.54) is 0 Å². The Morgan fingerprint density at radius 1 is 1.25 bits per heavy atom. The van der Waals surface area contributed by atoms with Crippen molar-refractivity contribution >= 4 is 33.2 Å². The number of rotatable bonds is 5. The third-order valence-corrected chi connectivity index (χ3v) is 4.03. The van der Waals surface area contributed by atoms with Gasteiger partial charge in [-0.15, -0.1) is 0 Å². The number of anilines is 1. The van der Waals surface area contributed by atoms with Gasteiger partial charge in [0.05, 0.1) is 15.2 Å². The van der Waals surface area contributed by atoms with Gasteiger partial charge in [-0.1, -0.05) is 29.8 Å². The third kappa shape index (κ3) is 3.89. The molecule has 3 nitrogen and oxygen atoms in total. The Kier molecular flexibility index (Phi) is 5.28. The van der Waals surface area contributed by atoms with Crippen molar-refractivity contribution in [2.45, 2.75) is 6.54 Å². The van der Waals surface area contributed by atoms with Crippen LogP contribution in [0.25, 0.3) is 0 Å². The normalized spacial score (nSPS) is 9.85. The highest BCUT2D eigenvalue weighted by Gasteiger charge is 2.03. The molecule has 0 radical (unpaired) electrons. The fourth-order valence-electron chi connectivity index (χ4n) is 1.70. The molecule has 0 aliphatic rings. The predicted molar refractivity (Wildman–Crippen MR) is 84.0 cm³/mol. The molecule has 0 spiro atoms. The van der Waals surface area contributed by atoms with E-state index in [0.717, 1.165) is 15.7 Å². The lowest BCUT2D eigenvalue weighted by Gasteiger charge is -2.10. The van der Waals surface area contributed by atoms with Crippen molar-refractivity contribution in [3.63, 3.8) is 0 Å². The van der Waals surface area contributed by atoms with Gasteiger partial charge in [0.2, 0.25) is 0 Å². The van der Waals surface area contributed by atoms with Gasteiger partial charge in [0.15, 0.2) is 6.61 Å². The summed E-state index contributed by atoms with van der Waals surface area (Å²) in [6.07, 6.45) is 0. The molecule has 0 atom stereocenters. The van der Waals surface area contributed by atoms with Gasteiger partial charge in [0, 0.05) is 6.54 Å². The van der Waals surface area contributed by atoms with E-state index in [2.05, 4.69) is 21.2 Å². The van der Waals surface area contributed by atoms with Gasteiger partial charge in [-0.2, -0.15) is 5.26 Å². The highest BCUT2D eigenvalue weighted by molar-refractivity contribution is 9.10. The fourth-order valence-corrected chi connectivity index (χ4v) is 2.28. The Balaban J connectivity index is 2.04. The topological polar surface area (TPSA) is 45.0 Å². The molecule has 20 heavy (non-hydrogen) atoms. The van der Waals surface area contributed by atoms with Gasteiger partial charge in [0.1, 0.15) is 11.8 Å². The van der Waals surface area contributed by atoms with E-state index in [1.54, 1.807) is 0 Å². The summed E-state index contributed by atoms with van der Waals surface area (Å²) in [4.78, 5) is 0. The molecule has 5 heteroatoms. The first-order valence-corrected chi connectivity index (χ1v) is 7.14. The van der Waals surface area contributed by atoms with Crippen molar-refractivity contribution < 1.29 is 4.74 Å². The molecular weight excluding hydrogens is 340 g/mol. The Labute approximate surface area is 131 Å². The van der Waals surface area contributed by atoms with E-state index in [-0.39, 0.29) is 6.61 Å². The van der Waals surface area contributed by atoms with Gasteiger partial charge in [-0.05, 0) is 45.8 Å². The van der Waals surface area contributed by atoms with Crippen LogP contribution in [0.5, 0.6) is 5.75 Å². The largest absolute Gasteiger partial charge is 0.479 e. The zero-order valence-corrected chi connectivity index (χ0v) is 12.9. The van der Waals surface area contributed by atoms with E-state index >= 15 is 0 Å². The molecule has 0 saturated carbocycles. The van der Waals surface area contributed by atoms with Crippen LogP contribution in [-0.4, -0.2) is 6.61 Å². The molecular formula is C15H12BrClN2O. The minimum absolute atomic E-state index is 0.0523. The van der Waals surface area contributed by atoms with Crippen LogP contribution in [0.3, 0.4) is 0 Å². The predicted octanol–water partition coefficient (Wildman–Crippen LogP) is 4.62. The van der Waals surface area contributed by atoms with Gasteiger partial charge >= 0.3 is 0 Å². The second-order valence-electron chi connectivity index (χ2n) is 4.05. The highest BCUT2D eigenvalue weighted by Crippen LogP contribution is 2.30. The molecule has 2 aromatic carbocycles. The number of nitrogens with one attached hydrogen (secondary N) is 1. The summed E-state index contributed by atoms with van der Waals surface area (Å²) in [6.45, 7) is 0.694. The maximum atomic E-state index is 8.50. The standard InChI is InChI=1S/C15H12BrClN2O/c16-15-13(17)5-2-6-14(15)19-10-11-3-1-4-12(9-11)20-8-7-18/h1-6,9,19H,8,10H2. The molecule has 0 aliphatic heterocycles. The smallest absolute Gasteiger partial charge is 0.174 e. The van der Waals surface area contributed by atoms with Crippen LogP contribution in [0.2, 0.25) is 5.02 Å². The lowest BCUT2D eigenvalue weighted by molar-refractivity contribution is 0.368. The van der Waals surface area contributed by atoms with Crippen molar-refractivity contribution in [1.82, 2.24) is 0 Å². The number of nitriles is 1. The number of benzene rings is 2. The molecule has 0 heterocycles. The zero-order chi connectivity index (χ0) is 14.4. The van der Waals surface area contributed by atoms with E-state index in [9.17, 15) is 0 Å². The molecule has 2 rings (SSSR count). The number of hydrogen-bond donors (Lipinski definition) is 1. The average molecular weight is 352 g/mol. The van der Waals surface area contributed by atoms with E-state index < -0.39 is 0 Å². The zero-order valence-electron chi connectivity index (χ0n) is 10.6. The second kappa shape index (κ2) is 7.18. The van der Waals surface area contributed by atoms with Crippen LogP contribution >= 0.6 is 27.5 Å². The Morgan fingerprint density at radius 3 is 2.85 bits per heavy atom. The fraction of sp³-hybridized carbons (Fsp3) is 0.133. The summed E-state index contributed by atoms with van der Waals surface area (Å²) in [6, 6.07) is 15.2. The molecule has 1 N–H and O–H groups in total. The van der Waals surface area contributed by atoms with Crippen molar-refractivity contribution in [1.29, 1.82) is 5.26 Å². The quantitative estimate of drug-likeness (QED) is 0.855. The summed E-state index contributed by atoms with van der Waals surface area (Å²) in [5, 5.41) is 12.5. The second-order valence-corrected chi connectivity index (χ2v) is 5.25. The Morgan fingerprint density at radius 2 is 2.05 bits per heavy atom. The third-order valence-electron chi connectivity index (χ3n) is 2.64. The maximum Gasteiger partial charge on any atom is 0.174 e. The number of hydrogen-bond acceptors (Lipinski definition) is 3. The minimum Gasteiger partial charge on any atom is -0.479 e. The van der Waals surface area contributed by atoms with Gasteiger partial charge in [-0.25, -0.2) is 0 Å². The van der Waals surface area contributed by atoms with Crippen molar-refractivity contribution in [2.24, 2.45) is 0 Å². The number of nitrogens with zero attached hydrogens (tertiary/aromatic N) is 1. The van der Waals surface area contributed by atoms with Gasteiger partial charge < -0.3 is 10.1 Å². The summed E-state index contributed by atoms with van der Waals surface area (Å²) in [5.41, 5.74) is 1.99. The summed E-state index contributed by atoms with van der Waals surface area (Å²) in [5.74, 6) is 0.691. The molecule has 102 valence electrons. The summed E-state index contributed by atoms with van der Waals surface area (Å²) < 4.78 is 6.12. The van der Waals surface area contributed by atoms with E-state index in [4.69, 9.17) is 21.6 Å². The monoisotopic (exact) mass is 350 g/mol. The van der Waals surface area contributed by atoms with E-state index in [1.807, 2.05) is 48.5 Å². The molecule has 0 amide bonds. The lowest BCUT2D eigenvalue weighted by Crippen LogP contribution is -2.01. The van der Waals surface area contributed by atoms with Crippen LogP contribution in [0, 0.1) is 11.3 Å². The molecule has 0 aromatic heterocycles. The molecule has 0 unspecified atom stereocenters. The van der Waals surface area contributed by atoms with Crippen molar-refractivity contribution in [3.05, 3.63) is 57.5 Å². The van der Waals surface area contributed by atoms with Crippen molar-refractivity contribution in [3.8, 4) is 11.8 Å². The molecule has 0 bridgehead atoms. The molecule has 0 aliphatic carbocycles. The summed E-state index contributed by atoms with van der Waals surface area (Å²) >= 11 is 9.49. The molecule has 2 aromatic rings. The van der Waals surface area contributed by atoms with E-state index in [0.29, 0.717) is 17.3 Å². The Hall–Kier alpha value is -1.70. The van der Waals surface area contributed by atoms with Crippen LogP contribution in [0.4, 0.5) is 5.69 Å². The maximum absolute atomic E-state index is 8.50. The highest BCUT2D eigenvalue weighted by atomic mass is 79.9. The van der Waals surface area contributed by atoms with Gasteiger partial charge in [0.25, 0.3) is 0 Å². The van der Waals surface area contributed by atoms with Crippen LogP contribution in [0.1, 0.15) is 5.56 Å². The first-order chi connectivity index (χ1) is 9.70. The first kappa shape index (κ1) is 14.7. The minimum atomic E-state index is 0.0523. The molecule has 0 fully saturated rings. The SMILES string of the molecule is N#CCOc1cccc(CNc2cccc(Cl)c2Br)c1. The average Bonchev–Trinajstić information content (AvgIpc) is 2.47. The number of ether oxygens (including phenoxy) is 1. The molecule has 0 saturated heterocycles.